The summed E-state index contributed by atoms with van der Waals surface area (Å²) in [7, 11) is 0. The molecular weight excluding hydrogens is 284 g/mol. The number of nitrogens with zero attached hydrogens (tertiary/aromatic N) is 1. The van der Waals surface area contributed by atoms with Gasteiger partial charge in [-0.25, -0.2) is 0 Å². The Labute approximate surface area is 128 Å². The molecule has 1 aromatic heterocycles. The molecule has 0 aliphatic rings. The number of halogens is 1. The normalized spacial score (nSPS) is 12.3. The zero-order chi connectivity index (χ0) is 14.7. The van der Waals surface area contributed by atoms with E-state index in [1.54, 1.807) is 18.3 Å². The maximum Gasteiger partial charge on any atom is 0.0962 e. The first-order valence-corrected chi connectivity index (χ1v) is 7.13. The lowest BCUT2D eigenvalue weighted by Crippen LogP contribution is -2.12. The maximum absolute atomic E-state index is 10.2. The van der Waals surface area contributed by atoms with Gasteiger partial charge in [-0.1, -0.05) is 41.9 Å². The lowest BCUT2D eigenvalue weighted by Gasteiger charge is -2.14. The molecule has 0 aliphatic heterocycles. The Morgan fingerprint density at radius 1 is 1.05 bits per heavy atom. The van der Waals surface area contributed by atoms with Crippen LogP contribution in [-0.2, 0) is 0 Å². The van der Waals surface area contributed by atoms with E-state index in [9.17, 15) is 5.11 Å². The fourth-order valence-corrected chi connectivity index (χ4v) is 2.38. The highest BCUT2D eigenvalue weighted by molar-refractivity contribution is 6.30. The summed E-state index contributed by atoms with van der Waals surface area (Å²) in [5.41, 5.74) is 2.66. The predicted octanol–water partition coefficient (Wildman–Crippen LogP) is 4.03. The minimum absolute atomic E-state index is 0.414. The van der Waals surface area contributed by atoms with E-state index in [1.807, 2.05) is 42.5 Å². The number of hydrogen-bond donors (Lipinski definition) is 2. The topological polar surface area (TPSA) is 45.1 Å². The average molecular weight is 299 g/mol. The van der Waals surface area contributed by atoms with E-state index in [1.165, 1.54) is 0 Å². The molecule has 0 fully saturated rings. The molecule has 0 spiro atoms. The largest absolute Gasteiger partial charge is 0.387 e. The number of aromatic nitrogens is 1. The van der Waals surface area contributed by atoms with Crippen LogP contribution >= 0.6 is 11.6 Å². The first-order valence-electron chi connectivity index (χ1n) is 6.75. The van der Waals surface area contributed by atoms with Crippen LogP contribution in [-0.4, -0.2) is 16.6 Å². The molecule has 1 atom stereocenters. The molecule has 0 saturated heterocycles. The second-order valence-electron chi connectivity index (χ2n) is 4.83. The Bertz CT molecular complexity index is 738. The van der Waals surface area contributed by atoms with Crippen LogP contribution in [0.5, 0.6) is 0 Å². The van der Waals surface area contributed by atoms with Gasteiger partial charge in [-0.05, 0) is 29.8 Å². The summed E-state index contributed by atoms with van der Waals surface area (Å²) >= 11 is 5.85. The van der Waals surface area contributed by atoms with Gasteiger partial charge in [0, 0.05) is 23.2 Å². The van der Waals surface area contributed by atoms with E-state index in [2.05, 4.69) is 10.3 Å². The maximum atomic E-state index is 10.2. The molecular formula is C17H15ClN2O. The molecule has 2 N–H and O–H groups in total. The van der Waals surface area contributed by atoms with Gasteiger partial charge in [-0.3, -0.25) is 4.98 Å². The highest BCUT2D eigenvalue weighted by atomic mass is 35.5. The number of benzene rings is 2. The number of aliphatic hydroxyl groups excluding tert-OH is 1. The van der Waals surface area contributed by atoms with Crippen molar-refractivity contribution >= 4 is 28.2 Å². The predicted molar refractivity (Wildman–Crippen MR) is 86.6 cm³/mol. The van der Waals surface area contributed by atoms with E-state index in [0.717, 1.165) is 22.2 Å². The van der Waals surface area contributed by atoms with Gasteiger partial charge in [0.2, 0.25) is 0 Å². The van der Waals surface area contributed by atoms with Gasteiger partial charge in [0.1, 0.15) is 0 Å². The van der Waals surface area contributed by atoms with Crippen molar-refractivity contribution in [2.75, 3.05) is 11.9 Å². The fourth-order valence-electron chi connectivity index (χ4n) is 2.26. The molecule has 4 heteroatoms. The lowest BCUT2D eigenvalue weighted by atomic mass is 10.1. The fraction of sp³-hybridized carbons (Fsp3) is 0.118. The molecule has 1 heterocycles. The van der Waals surface area contributed by atoms with Crippen LogP contribution in [0.25, 0.3) is 10.9 Å². The minimum Gasteiger partial charge on any atom is -0.387 e. The highest BCUT2D eigenvalue weighted by Gasteiger charge is 2.08. The third kappa shape index (κ3) is 3.15. The number of fused-ring (bicyclic) bond motifs is 1. The van der Waals surface area contributed by atoms with Crippen LogP contribution < -0.4 is 5.32 Å². The van der Waals surface area contributed by atoms with E-state index < -0.39 is 6.10 Å². The second-order valence-corrected chi connectivity index (χ2v) is 5.27. The summed E-state index contributed by atoms with van der Waals surface area (Å²) in [6, 6.07) is 17.1. The first-order chi connectivity index (χ1) is 10.2. The summed E-state index contributed by atoms with van der Waals surface area (Å²) in [5.74, 6) is 0. The number of hydrogen-bond acceptors (Lipinski definition) is 3. The summed E-state index contributed by atoms with van der Waals surface area (Å²) in [6.07, 6.45) is 1.17. The Morgan fingerprint density at radius 3 is 2.62 bits per heavy atom. The molecule has 0 radical (unpaired) electrons. The number of aliphatic hydroxyl groups is 1. The van der Waals surface area contributed by atoms with Crippen molar-refractivity contribution in [3.63, 3.8) is 0 Å². The standard InChI is InChI=1S/C17H15ClN2O/c18-14-8-6-12(7-9-14)16(21)11-20-15-5-1-3-13-4-2-10-19-17(13)15/h1-10,16,20-21H,11H2. The van der Waals surface area contributed by atoms with Crippen molar-refractivity contribution in [1.82, 2.24) is 4.98 Å². The summed E-state index contributed by atoms with van der Waals surface area (Å²) in [4.78, 5) is 4.38. The molecule has 0 saturated carbocycles. The third-order valence-electron chi connectivity index (χ3n) is 3.37. The zero-order valence-electron chi connectivity index (χ0n) is 11.3. The second kappa shape index (κ2) is 6.12. The molecule has 3 nitrogen and oxygen atoms in total. The van der Waals surface area contributed by atoms with Crippen molar-refractivity contribution < 1.29 is 5.11 Å². The zero-order valence-corrected chi connectivity index (χ0v) is 12.1. The number of para-hydroxylation sites is 1. The first kappa shape index (κ1) is 13.9. The van der Waals surface area contributed by atoms with Crippen molar-refractivity contribution in [2.45, 2.75) is 6.10 Å². The van der Waals surface area contributed by atoms with Gasteiger partial charge < -0.3 is 10.4 Å². The van der Waals surface area contributed by atoms with Crippen LogP contribution in [0.15, 0.2) is 60.8 Å². The third-order valence-corrected chi connectivity index (χ3v) is 3.63. The number of nitrogens with one attached hydrogen (secondary N) is 1. The van der Waals surface area contributed by atoms with Crippen LogP contribution in [0.1, 0.15) is 11.7 Å². The number of rotatable bonds is 4. The van der Waals surface area contributed by atoms with Crippen molar-refractivity contribution in [3.8, 4) is 0 Å². The Kier molecular flexibility index (Phi) is 4.04. The number of anilines is 1. The molecule has 21 heavy (non-hydrogen) atoms. The highest BCUT2D eigenvalue weighted by Crippen LogP contribution is 2.22. The molecule has 1 unspecified atom stereocenters. The Morgan fingerprint density at radius 2 is 1.81 bits per heavy atom. The van der Waals surface area contributed by atoms with Gasteiger partial charge >= 0.3 is 0 Å². The van der Waals surface area contributed by atoms with E-state index in [0.29, 0.717) is 11.6 Å². The molecule has 3 rings (SSSR count). The van der Waals surface area contributed by atoms with Crippen LogP contribution in [0, 0.1) is 0 Å². The molecule has 0 amide bonds. The molecule has 0 bridgehead atoms. The van der Waals surface area contributed by atoms with Crippen LogP contribution in [0.3, 0.4) is 0 Å². The summed E-state index contributed by atoms with van der Waals surface area (Å²) in [5, 5.41) is 15.2. The quantitative estimate of drug-likeness (QED) is 0.764. The van der Waals surface area contributed by atoms with Crippen molar-refractivity contribution in [1.29, 1.82) is 0 Å². The summed E-state index contributed by atoms with van der Waals surface area (Å²) in [6.45, 7) is 0.414. The Hall–Kier alpha value is -2.10. The molecule has 0 aliphatic carbocycles. The smallest absolute Gasteiger partial charge is 0.0962 e. The molecule has 3 aromatic rings. The SMILES string of the molecule is OC(CNc1cccc2cccnc12)c1ccc(Cl)cc1. The Balaban J connectivity index is 1.76. The van der Waals surface area contributed by atoms with Gasteiger partial charge in [0.15, 0.2) is 0 Å². The van der Waals surface area contributed by atoms with E-state index in [4.69, 9.17) is 11.6 Å². The van der Waals surface area contributed by atoms with Gasteiger partial charge in [-0.2, -0.15) is 0 Å². The van der Waals surface area contributed by atoms with Gasteiger partial charge in [-0.15, -0.1) is 0 Å². The van der Waals surface area contributed by atoms with Crippen LogP contribution in [0.2, 0.25) is 5.02 Å². The van der Waals surface area contributed by atoms with Crippen molar-refractivity contribution in [3.05, 3.63) is 71.4 Å². The van der Waals surface area contributed by atoms with E-state index in [-0.39, 0.29) is 0 Å². The summed E-state index contributed by atoms with van der Waals surface area (Å²) < 4.78 is 0. The molecule has 2 aromatic carbocycles. The lowest BCUT2D eigenvalue weighted by molar-refractivity contribution is 0.191. The monoisotopic (exact) mass is 298 g/mol. The number of pyridine rings is 1. The van der Waals surface area contributed by atoms with Crippen molar-refractivity contribution in [2.24, 2.45) is 0 Å². The van der Waals surface area contributed by atoms with Gasteiger partial charge in [0.25, 0.3) is 0 Å². The molecule has 106 valence electrons. The average Bonchev–Trinajstić information content (AvgIpc) is 2.53. The van der Waals surface area contributed by atoms with Gasteiger partial charge in [0.05, 0.1) is 17.3 Å². The van der Waals surface area contributed by atoms with E-state index >= 15 is 0 Å². The van der Waals surface area contributed by atoms with Crippen LogP contribution in [0.4, 0.5) is 5.69 Å². The minimum atomic E-state index is -0.596.